The molecular weight excluding hydrogens is 352 g/mol. The van der Waals surface area contributed by atoms with Crippen molar-refractivity contribution in [2.75, 3.05) is 0 Å². The van der Waals surface area contributed by atoms with Gasteiger partial charge in [0, 0.05) is 0 Å². The molecule has 0 aliphatic heterocycles. The fourth-order valence-electron chi connectivity index (χ4n) is 0. The molecule has 0 aliphatic rings. The number of rotatable bonds is 0. The molecule has 0 amide bonds. The van der Waals surface area contributed by atoms with Crippen molar-refractivity contribution in [1.82, 2.24) is 0 Å². The van der Waals surface area contributed by atoms with Gasteiger partial charge in [0.15, 0.2) is 0 Å². The van der Waals surface area contributed by atoms with Crippen LogP contribution in [0.15, 0.2) is 0 Å². The third-order valence-corrected chi connectivity index (χ3v) is 0. The van der Waals surface area contributed by atoms with Gasteiger partial charge in [0.25, 0.3) is 0 Å². The maximum absolute atomic E-state index is 8.33. The van der Waals surface area contributed by atoms with Crippen molar-refractivity contribution < 1.29 is 30.0 Å². The molecule has 0 bridgehead atoms. The summed E-state index contributed by atoms with van der Waals surface area (Å²) in [4.78, 5) is 16.7. The monoisotopic (exact) mass is 352 g/mol. The van der Waals surface area contributed by atoms with Gasteiger partial charge in [-0.05, 0) is 12.3 Å². The molecule has 0 saturated heterocycles. The summed E-state index contributed by atoms with van der Waals surface area (Å²) in [6.45, 7) is 0. The molecule has 0 aromatic rings. The average molecular weight is 352 g/mol. The van der Waals surface area contributed by atoms with Crippen LogP contribution in [0.25, 0.3) is 0 Å². The van der Waals surface area contributed by atoms with Gasteiger partial charge in [0.05, 0.1) is 0 Å². The van der Waals surface area contributed by atoms with Crippen LogP contribution in [0.2, 0.25) is 0 Å². The van der Waals surface area contributed by atoms with Crippen LogP contribution in [0.1, 0.15) is 0 Å². The first-order chi connectivity index (χ1) is 3.46. The molecule has 10 heavy (non-hydrogen) atoms. The van der Waals surface area contributed by atoms with Gasteiger partial charge in [-0.15, -0.1) is 0 Å². The molecule has 0 aliphatic carbocycles. The van der Waals surface area contributed by atoms with E-state index in [1.807, 2.05) is 0 Å². The zero-order valence-electron chi connectivity index (χ0n) is 4.66. The first kappa shape index (κ1) is 22.5. The normalized spacial score (nSPS) is 4.80. The second-order valence-electron chi connectivity index (χ2n) is 0.500. The Balaban J connectivity index is -0.0000000300. The van der Waals surface area contributed by atoms with E-state index in [0.717, 1.165) is 0 Å². The second-order valence-corrected chi connectivity index (χ2v) is 0.500. The van der Waals surface area contributed by atoms with Crippen molar-refractivity contribution in [3.8, 4) is 0 Å². The van der Waals surface area contributed by atoms with E-state index in [-0.39, 0.29) is 50.4 Å². The van der Waals surface area contributed by atoms with Crippen molar-refractivity contribution in [2.24, 2.45) is 0 Å². The molecule has 8 heteroatoms. The topological polar surface area (TPSA) is 126 Å². The Kier molecular flexibility index (Phi) is 36.2. The van der Waals surface area contributed by atoms with Gasteiger partial charge in [-0.3, -0.25) is 0 Å². The number of hydrogen-bond donors (Lipinski definition) is 0. The van der Waals surface area contributed by atoms with Gasteiger partial charge < -0.3 is 30.0 Å². The number of carboxylic acid groups (broad SMARTS) is 4. The van der Waals surface area contributed by atoms with Gasteiger partial charge in [-0.2, -0.15) is 0 Å². The van der Waals surface area contributed by atoms with E-state index in [1.165, 1.54) is 0 Å². The predicted molar refractivity (Wildman–Crippen MR) is 22.3 cm³/mol. The molecule has 2 radical (unpaired) electrons. The van der Waals surface area contributed by atoms with E-state index in [4.69, 9.17) is 30.0 Å². The maximum atomic E-state index is 8.33. The van der Waals surface area contributed by atoms with Crippen molar-refractivity contribution in [3.63, 3.8) is 0 Å². The van der Waals surface area contributed by atoms with Crippen LogP contribution in [-0.2, 0) is 0 Å². The minimum absolute atomic E-state index is 0. The largest absolute Gasteiger partial charge is 2.00 e. The molecule has 0 saturated carbocycles. The van der Waals surface area contributed by atoms with Gasteiger partial charge >= 0.3 is 50.4 Å². The fraction of sp³-hybridized carbons (Fsp3) is 0. The van der Waals surface area contributed by atoms with Crippen LogP contribution in [0.3, 0.4) is 0 Å². The van der Waals surface area contributed by atoms with E-state index in [2.05, 4.69) is 0 Å². The molecule has 0 unspecified atom stereocenters. The van der Waals surface area contributed by atoms with Crippen LogP contribution in [0.4, 0.5) is 9.59 Å². The molecule has 6 nitrogen and oxygen atoms in total. The zero-order valence-corrected chi connectivity index (χ0v) is 9.96. The summed E-state index contributed by atoms with van der Waals surface area (Å²) in [5.41, 5.74) is 0. The van der Waals surface area contributed by atoms with Crippen LogP contribution in [0.5, 0.6) is 0 Å². The molecule has 0 aromatic carbocycles. The van der Waals surface area contributed by atoms with Gasteiger partial charge in [-0.1, -0.05) is 0 Å². The Morgan fingerprint density at radius 3 is 0.800 bits per heavy atom. The second kappa shape index (κ2) is 16.1. The van der Waals surface area contributed by atoms with Crippen LogP contribution >= 0.6 is 0 Å². The maximum Gasteiger partial charge on any atom is 2.00 e. The third-order valence-electron chi connectivity index (χ3n) is 0. The predicted octanol–water partition coefficient (Wildman–Crippen LogP) is -5.66. The molecule has 0 atom stereocenters. The Bertz CT molecular complexity index is 73.7. The number of hydrogen-bond acceptors (Lipinski definition) is 6. The number of carbonyl (C=O) groups excluding carboxylic acids is 2. The Labute approximate surface area is 92.2 Å². The summed E-state index contributed by atoms with van der Waals surface area (Å²) < 4.78 is 0. The molecule has 0 N–H and O–H groups in total. The van der Waals surface area contributed by atoms with Crippen molar-refractivity contribution in [2.45, 2.75) is 0 Å². The standard InChI is InChI=1S/2CH2O3.Mg.Pb/c2*2-1(3)4;;/h2*(H2,2,3,4);;/q;;2*+2/p-4. The van der Waals surface area contributed by atoms with Crippen LogP contribution in [0, 0.1) is 0 Å². The smallest absolute Gasteiger partial charge is 0.652 e. The SMILES string of the molecule is O=C([O-])[O-].O=C([O-])[O-].[Mg+2].[Pb+2]. The Hall–Kier alpha value is 0.228. The summed E-state index contributed by atoms with van der Waals surface area (Å²) in [5.74, 6) is 0. The summed E-state index contributed by atoms with van der Waals surface area (Å²) >= 11 is 0. The van der Waals surface area contributed by atoms with E-state index in [1.54, 1.807) is 0 Å². The molecule has 50 valence electrons. The van der Waals surface area contributed by atoms with Gasteiger partial charge in [0.1, 0.15) is 0 Å². The average Bonchev–Trinajstić information content (AvgIpc) is 1.25. The Morgan fingerprint density at radius 2 is 0.800 bits per heavy atom. The first-order valence-electron chi connectivity index (χ1n) is 1.22. The van der Waals surface area contributed by atoms with Crippen molar-refractivity contribution in [1.29, 1.82) is 0 Å². The third kappa shape index (κ3) is 8250. The molecular formula is C2MgO6Pb. The first-order valence-corrected chi connectivity index (χ1v) is 1.22. The van der Waals surface area contributed by atoms with E-state index < -0.39 is 12.3 Å². The van der Waals surface area contributed by atoms with E-state index in [9.17, 15) is 0 Å². The van der Waals surface area contributed by atoms with Crippen molar-refractivity contribution in [3.05, 3.63) is 0 Å². The minimum atomic E-state index is -2.33. The molecule has 0 fully saturated rings. The minimum Gasteiger partial charge on any atom is -0.652 e. The van der Waals surface area contributed by atoms with Crippen LogP contribution in [-0.4, -0.2) is 62.7 Å². The van der Waals surface area contributed by atoms with Crippen LogP contribution < -0.4 is 20.4 Å². The fourth-order valence-corrected chi connectivity index (χ4v) is 0. The Morgan fingerprint density at radius 1 is 0.800 bits per heavy atom. The van der Waals surface area contributed by atoms with E-state index in [0.29, 0.717) is 0 Å². The van der Waals surface area contributed by atoms with Gasteiger partial charge in [0.2, 0.25) is 0 Å². The number of carbonyl (C=O) groups is 2. The quantitative estimate of drug-likeness (QED) is 0.400. The summed E-state index contributed by atoms with van der Waals surface area (Å²) in [7, 11) is 0. The molecule has 0 rings (SSSR count). The zero-order chi connectivity index (χ0) is 7.15. The van der Waals surface area contributed by atoms with Gasteiger partial charge in [-0.25, -0.2) is 0 Å². The molecule has 0 spiro atoms. The molecule has 0 heterocycles. The van der Waals surface area contributed by atoms with E-state index >= 15 is 0 Å². The molecule has 0 aromatic heterocycles. The summed E-state index contributed by atoms with van der Waals surface area (Å²) in [6.07, 6.45) is -4.67. The summed E-state index contributed by atoms with van der Waals surface area (Å²) in [5, 5.41) is 33.3. The van der Waals surface area contributed by atoms with Crippen molar-refractivity contribution >= 4 is 62.7 Å². The summed E-state index contributed by atoms with van der Waals surface area (Å²) in [6, 6.07) is 0.